The Bertz CT molecular complexity index is 609. The molecule has 110 valence electrons. The average molecular weight is 318 g/mol. The molecule has 0 amide bonds. The molecule has 1 aromatic rings. The van der Waals surface area contributed by atoms with Gasteiger partial charge in [-0.25, -0.2) is 8.42 Å². The smallest absolute Gasteiger partial charge is 0.256 e. The summed E-state index contributed by atoms with van der Waals surface area (Å²) in [6.07, 6.45) is 2.76. The SMILES string of the molecule is COc1ccc(S(=O)(=O)N2CCCCC2)cc1C(=O)Cl. The standard InChI is InChI=1S/C13H16ClNO4S/c1-19-12-6-5-10(9-11(12)13(14)16)20(17,18)15-7-3-2-4-8-15/h5-6,9H,2-4,7-8H2,1H3. The van der Waals surface area contributed by atoms with Gasteiger partial charge in [-0.05, 0) is 42.6 Å². The van der Waals surface area contributed by atoms with Gasteiger partial charge in [0.05, 0.1) is 17.6 Å². The Morgan fingerprint density at radius 2 is 1.90 bits per heavy atom. The Hall–Kier alpha value is -1.11. The van der Waals surface area contributed by atoms with Crippen LogP contribution < -0.4 is 4.74 Å². The largest absolute Gasteiger partial charge is 0.496 e. The molecule has 7 heteroatoms. The van der Waals surface area contributed by atoms with Gasteiger partial charge >= 0.3 is 0 Å². The maximum atomic E-state index is 12.5. The number of carbonyl (C=O) groups excluding carboxylic acids is 1. The van der Waals surface area contributed by atoms with Crippen molar-refractivity contribution in [2.24, 2.45) is 0 Å². The number of ether oxygens (including phenoxy) is 1. The third kappa shape index (κ3) is 2.97. The van der Waals surface area contributed by atoms with Gasteiger partial charge in [-0.15, -0.1) is 0 Å². The van der Waals surface area contributed by atoms with Crippen LogP contribution in [-0.4, -0.2) is 38.2 Å². The van der Waals surface area contributed by atoms with Gasteiger partial charge in [0.25, 0.3) is 5.24 Å². The van der Waals surface area contributed by atoms with Crippen LogP contribution in [0.15, 0.2) is 23.1 Å². The number of benzene rings is 1. The van der Waals surface area contributed by atoms with Crippen molar-refractivity contribution in [2.75, 3.05) is 20.2 Å². The molecule has 0 N–H and O–H groups in total. The number of halogens is 1. The van der Waals surface area contributed by atoms with E-state index in [1.54, 1.807) is 0 Å². The lowest BCUT2D eigenvalue weighted by atomic mass is 10.2. The molecule has 1 heterocycles. The highest BCUT2D eigenvalue weighted by molar-refractivity contribution is 7.89. The quantitative estimate of drug-likeness (QED) is 0.799. The van der Waals surface area contributed by atoms with Crippen molar-refractivity contribution >= 4 is 26.9 Å². The normalized spacial score (nSPS) is 16.9. The van der Waals surface area contributed by atoms with Crippen LogP contribution in [-0.2, 0) is 10.0 Å². The predicted octanol–water partition coefficient (Wildman–Crippen LogP) is 2.25. The molecule has 0 spiro atoms. The highest BCUT2D eigenvalue weighted by atomic mass is 35.5. The molecule has 0 atom stereocenters. The van der Waals surface area contributed by atoms with Gasteiger partial charge in [0, 0.05) is 13.1 Å². The van der Waals surface area contributed by atoms with Crippen molar-refractivity contribution in [3.8, 4) is 5.75 Å². The Labute approximate surface area is 123 Å². The second-order valence-electron chi connectivity index (χ2n) is 4.60. The summed E-state index contributed by atoms with van der Waals surface area (Å²) in [5.41, 5.74) is 0.0623. The summed E-state index contributed by atoms with van der Waals surface area (Å²) in [7, 11) is -2.18. The zero-order chi connectivity index (χ0) is 14.8. The fraction of sp³-hybridized carbons (Fsp3) is 0.462. The maximum absolute atomic E-state index is 12.5. The molecule has 20 heavy (non-hydrogen) atoms. The lowest BCUT2D eigenvalue weighted by Crippen LogP contribution is -2.35. The van der Waals surface area contributed by atoms with E-state index in [9.17, 15) is 13.2 Å². The number of sulfonamides is 1. The van der Waals surface area contributed by atoms with Crippen molar-refractivity contribution in [2.45, 2.75) is 24.2 Å². The predicted molar refractivity (Wildman–Crippen MR) is 75.8 cm³/mol. The summed E-state index contributed by atoms with van der Waals surface area (Å²) in [5.74, 6) is 0.266. The van der Waals surface area contributed by atoms with Crippen LogP contribution in [0.25, 0.3) is 0 Å². The molecule has 2 rings (SSSR count). The molecule has 0 radical (unpaired) electrons. The van der Waals surface area contributed by atoms with Gasteiger partial charge < -0.3 is 4.74 Å². The van der Waals surface area contributed by atoms with Crippen molar-refractivity contribution in [3.63, 3.8) is 0 Å². The molecule has 1 aromatic carbocycles. The Kier molecular flexibility index (Phi) is 4.67. The van der Waals surface area contributed by atoms with Crippen LogP contribution in [0.5, 0.6) is 5.75 Å². The first kappa shape index (κ1) is 15.3. The Morgan fingerprint density at radius 1 is 1.25 bits per heavy atom. The zero-order valence-electron chi connectivity index (χ0n) is 11.1. The van der Waals surface area contributed by atoms with Crippen molar-refractivity contribution in [1.29, 1.82) is 0 Å². The maximum Gasteiger partial charge on any atom is 0.256 e. The van der Waals surface area contributed by atoms with E-state index in [4.69, 9.17) is 16.3 Å². The first-order valence-electron chi connectivity index (χ1n) is 6.35. The molecule has 1 aliphatic heterocycles. The number of nitrogens with zero attached hydrogens (tertiary/aromatic N) is 1. The van der Waals surface area contributed by atoms with Gasteiger partial charge in [0.2, 0.25) is 10.0 Å². The summed E-state index contributed by atoms with van der Waals surface area (Å²) < 4.78 is 31.4. The highest BCUT2D eigenvalue weighted by Gasteiger charge is 2.27. The van der Waals surface area contributed by atoms with Crippen LogP contribution in [0.1, 0.15) is 29.6 Å². The number of piperidine rings is 1. The summed E-state index contributed by atoms with van der Waals surface area (Å²) in [4.78, 5) is 11.4. The van der Waals surface area contributed by atoms with Gasteiger partial charge in [0.1, 0.15) is 5.75 Å². The molecule has 0 unspecified atom stereocenters. The monoisotopic (exact) mass is 317 g/mol. The van der Waals surface area contributed by atoms with Gasteiger partial charge in [-0.2, -0.15) is 4.31 Å². The second kappa shape index (κ2) is 6.11. The van der Waals surface area contributed by atoms with Crippen LogP contribution in [0.2, 0.25) is 0 Å². The summed E-state index contributed by atoms with van der Waals surface area (Å²) in [5, 5.41) is -0.738. The van der Waals surface area contributed by atoms with E-state index in [0.717, 1.165) is 19.3 Å². The van der Waals surface area contributed by atoms with Crippen LogP contribution >= 0.6 is 11.6 Å². The summed E-state index contributed by atoms with van der Waals surface area (Å²) in [6.45, 7) is 1.02. The molecule has 1 saturated heterocycles. The lowest BCUT2D eigenvalue weighted by Gasteiger charge is -2.26. The minimum Gasteiger partial charge on any atom is -0.496 e. The van der Waals surface area contributed by atoms with Crippen molar-refractivity contribution in [1.82, 2.24) is 4.31 Å². The number of carbonyl (C=O) groups is 1. The van der Waals surface area contributed by atoms with Crippen LogP contribution in [0.4, 0.5) is 0 Å². The fourth-order valence-electron chi connectivity index (χ4n) is 2.26. The van der Waals surface area contributed by atoms with E-state index >= 15 is 0 Å². The molecule has 5 nitrogen and oxygen atoms in total. The molecule has 0 aliphatic carbocycles. The van der Waals surface area contributed by atoms with E-state index in [1.165, 1.54) is 29.6 Å². The average Bonchev–Trinajstić information content (AvgIpc) is 2.47. The summed E-state index contributed by atoms with van der Waals surface area (Å²) >= 11 is 5.47. The molecule has 0 saturated carbocycles. The molecule has 0 aromatic heterocycles. The Balaban J connectivity index is 2.41. The Morgan fingerprint density at radius 3 is 2.45 bits per heavy atom. The topological polar surface area (TPSA) is 63.7 Å². The third-order valence-corrected chi connectivity index (χ3v) is 5.43. The molecule has 1 aliphatic rings. The molecule has 1 fully saturated rings. The number of hydrogen-bond donors (Lipinski definition) is 0. The van der Waals surface area contributed by atoms with E-state index in [2.05, 4.69) is 0 Å². The number of methoxy groups -OCH3 is 1. The third-order valence-electron chi connectivity index (χ3n) is 3.34. The minimum absolute atomic E-state index is 0.0623. The zero-order valence-corrected chi connectivity index (χ0v) is 12.7. The second-order valence-corrected chi connectivity index (χ2v) is 6.88. The minimum atomic E-state index is -3.58. The van der Waals surface area contributed by atoms with E-state index < -0.39 is 15.3 Å². The van der Waals surface area contributed by atoms with Crippen LogP contribution in [0.3, 0.4) is 0 Å². The number of rotatable bonds is 4. The molecule has 0 bridgehead atoms. The van der Waals surface area contributed by atoms with E-state index in [-0.39, 0.29) is 16.2 Å². The molecular weight excluding hydrogens is 302 g/mol. The van der Waals surface area contributed by atoms with Gasteiger partial charge in [0.15, 0.2) is 0 Å². The first-order chi connectivity index (χ1) is 9.46. The van der Waals surface area contributed by atoms with E-state index in [1.807, 2.05) is 0 Å². The van der Waals surface area contributed by atoms with Crippen molar-refractivity contribution < 1.29 is 17.9 Å². The summed E-state index contributed by atoms with van der Waals surface area (Å²) in [6, 6.07) is 4.16. The highest BCUT2D eigenvalue weighted by Crippen LogP contribution is 2.27. The van der Waals surface area contributed by atoms with E-state index in [0.29, 0.717) is 13.1 Å². The van der Waals surface area contributed by atoms with Crippen LogP contribution in [0, 0.1) is 0 Å². The van der Waals surface area contributed by atoms with Crippen molar-refractivity contribution in [3.05, 3.63) is 23.8 Å². The first-order valence-corrected chi connectivity index (χ1v) is 8.16. The fourth-order valence-corrected chi connectivity index (χ4v) is 3.95. The lowest BCUT2D eigenvalue weighted by molar-refractivity contribution is 0.107. The van der Waals surface area contributed by atoms with Gasteiger partial charge in [-0.3, -0.25) is 4.79 Å². The molecular formula is C13H16ClNO4S. The van der Waals surface area contributed by atoms with Gasteiger partial charge in [-0.1, -0.05) is 6.42 Å². The number of hydrogen-bond acceptors (Lipinski definition) is 4.